The van der Waals surface area contributed by atoms with E-state index in [1.54, 1.807) is 0 Å². The first-order valence-electron chi connectivity index (χ1n) is 18.3. The van der Waals surface area contributed by atoms with E-state index in [2.05, 4.69) is 91.3 Å². The maximum absolute atomic E-state index is 12.6. The van der Waals surface area contributed by atoms with Crippen molar-refractivity contribution in [3.63, 3.8) is 0 Å². The minimum atomic E-state index is -1.40. The van der Waals surface area contributed by atoms with E-state index in [1.807, 2.05) is 6.08 Å². The molecule has 9 nitrogen and oxygen atoms in total. The van der Waals surface area contributed by atoms with Crippen molar-refractivity contribution in [2.75, 3.05) is 13.2 Å². The van der Waals surface area contributed by atoms with Crippen LogP contribution >= 0.6 is 0 Å². The monoisotopic (exact) mass is 684 g/mol. The fraction of sp³-hybridized carbons (Fsp3) is 0.600. The number of amides is 2. The van der Waals surface area contributed by atoms with Crippen molar-refractivity contribution in [3.05, 3.63) is 72.9 Å². The summed E-state index contributed by atoms with van der Waals surface area (Å²) in [6, 6.07) is -1.40. The summed E-state index contributed by atoms with van der Waals surface area (Å²) in [5.41, 5.74) is 0. The van der Waals surface area contributed by atoms with Crippen LogP contribution in [0.5, 0.6) is 0 Å². The zero-order valence-electron chi connectivity index (χ0n) is 30.2. The molecular formula is C40H64N2O7. The summed E-state index contributed by atoms with van der Waals surface area (Å²) < 4.78 is 5.82. The fourth-order valence-electron chi connectivity index (χ4n) is 4.58. The Bertz CT molecular complexity index is 1060. The maximum Gasteiger partial charge on any atom is 0.328 e. The Labute approximate surface area is 295 Å². The predicted molar refractivity (Wildman–Crippen MR) is 199 cm³/mol. The standard InChI is InChI=1S/C40H64N2O7/c1-3-5-7-9-11-12-13-14-15-16-17-18-20-22-28-32-39(46)49-35(29-25-21-19-10-8-6-4-2)30-26-23-24-27-31-37(44)41-33-38(45)42-36(34-43)40(47)48/h5,7,10-12,14-15,17-19,25,29,35-36,43H,3-4,6,8-9,13,16,20-24,26-28,30-34H2,1-2H3,(H,41,44)(H,42,45)(H,47,48)/b7-5-,12-11-,15-14-,18-17-,19-10-,29-25-. The number of aliphatic hydroxyl groups is 1. The highest BCUT2D eigenvalue weighted by Crippen LogP contribution is 2.13. The number of rotatable bonds is 31. The van der Waals surface area contributed by atoms with Gasteiger partial charge in [-0.3, -0.25) is 14.4 Å². The highest BCUT2D eigenvalue weighted by atomic mass is 16.5. The molecule has 49 heavy (non-hydrogen) atoms. The number of carboxylic acids is 1. The van der Waals surface area contributed by atoms with E-state index in [0.717, 1.165) is 77.0 Å². The quantitative estimate of drug-likeness (QED) is 0.0330. The average molecular weight is 685 g/mol. The van der Waals surface area contributed by atoms with E-state index in [-0.39, 0.29) is 30.9 Å². The minimum Gasteiger partial charge on any atom is -0.480 e. The van der Waals surface area contributed by atoms with Gasteiger partial charge in [0.2, 0.25) is 11.8 Å². The lowest BCUT2D eigenvalue weighted by Crippen LogP contribution is -2.47. The van der Waals surface area contributed by atoms with Crippen LogP contribution in [0.1, 0.15) is 129 Å². The summed E-state index contributed by atoms with van der Waals surface area (Å²) in [6.45, 7) is 3.24. The number of carbonyl (C=O) groups excluding carboxylic acids is 3. The maximum atomic E-state index is 12.6. The van der Waals surface area contributed by atoms with Crippen molar-refractivity contribution in [1.29, 1.82) is 0 Å². The molecule has 0 bridgehead atoms. The van der Waals surface area contributed by atoms with Crippen molar-refractivity contribution < 1.29 is 34.1 Å². The molecule has 0 aromatic rings. The van der Waals surface area contributed by atoms with Gasteiger partial charge in [0.1, 0.15) is 12.1 Å². The van der Waals surface area contributed by atoms with Crippen LogP contribution in [0.15, 0.2) is 72.9 Å². The molecule has 9 heteroatoms. The van der Waals surface area contributed by atoms with Crippen molar-refractivity contribution in [3.8, 4) is 0 Å². The Hall–Kier alpha value is -3.72. The third kappa shape index (κ3) is 31.3. The highest BCUT2D eigenvalue weighted by Gasteiger charge is 2.18. The summed E-state index contributed by atoms with van der Waals surface area (Å²) >= 11 is 0. The van der Waals surface area contributed by atoms with Crippen LogP contribution in [0, 0.1) is 0 Å². The number of aliphatic hydroxyl groups excluding tert-OH is 1. The van der Waals surface area contributed by atoms with Crippen molar-refractivity contribution in [1.82, 2.24) is 10.6 Å². The Morgan fingerprint density at radius 2 is 1.22 bits per heavy atom. The van der Waals surface area contributed by atoms with Crippen LogP contribution < -0.4 is 10.6 Å². The van der Waals surface area contributed by atoms with Gasteiger partial charge in [0, 0.05) is 12.8 Å². The lowest BCUT2D eigenvalue weighted by molar-refractivity contribution is -0.147. The van der Waals surface area contributed by atoms with Crippen LogP contribution in [-0.2, 0) is 23.9 Å². The molecule has 0 radical (unpaired) electrons. The van der Waals surface area contributed by atoms with Gasteiger partial charge in [0.15, 0.2) is 0 Å². The van der Waals surface area contributed by atoms with Gasteiger partial charge in [-0.05, 0) is 83.1 Å². The van der Waals surface area contributed by atoms with Gasteiger partial charge in [-0.2, -0.15) is 0 Å². The van der Waals surface area contributed by atoms with Gasteiger partial charge in [-0.15, -0.1) is 0 Å². The number of hydrogen-bond donors (Lipinski definition) is 4. The molecule has 0 aliphatic rings. The second-order valence-corrected chi connectivity index (χ2v) is 11.9. The Balaban J connectivity index is 4.40. The third-order valence-electron chi connectivity index (χ3n) is 7.42. The summed E-state index contributed by atoms with van der Waals surface area (Å²) in [4.78, 5) is 47.3. The zero-order valence-corrected chi connectivity index (χ0v) is 30.2. The molecule has 0 rings (SSSR count). The van der Waals surface area contributed by atoms with Crippen LogP contribution in [0.4, 0.5) is 0 Å². The summed E-state index contributed by atoms with van der Waals surface area (Å²) in [6.07, 6.45) is 40.9. The minimum absolute atomic E-state index is 0.173. The molecule has 0 aliphatic heterocycles. The molecule has 0 aromatic carbocycles. The Kier molecular flexibility index (Phi) is 31.6. The average Bonchev–Trinajstić information content (AvgIpc) is 3.08. The summed E-state index contributed by atoms with van der Waals surface area (Å²) in [5.74, 6) is -2.49. The molecule has 276 valence electrons. The first kappa shape index (κ1) is 45.3. The molecule has 0 saturated carbocycles. The molecular weight excluding hydrogens is 620 g/mol. The van der Waals surface area contributed by atoms with Gasteiger partial charge >= 0.3 is 11.9 Å². The lowest BCUT2D eigenvalue weighted by atomic mass is 10.1. The van der Waals surface area contributed by atoms with Crippen LogP contribution in [0.2, 0.25) is 0 Å². The SMILES string of the molecule is CC/C=C\C/C=C\C/C=C\C/C=C\CCCCC(=O)OC(/C=C\C/C=C\CCCC)CCCCCCC(=O)NCC(=O)NC(CO)C(=O)O. The largest absolute Gasteiger partial charge is 0.480 e. The predicted octanol–water partition coefficient (Wildman–Crippen LogP) is 7.97. The molecule has 4 N–H and O–H groups in total. The van der Waals surface area contributed by atoms with Crippen LogP contribution in [-0.4, -0.2) is 59.3 Å². The first-order valence-corrected chi connectivity index (χ1v) is 18.3. The van der Waals surface area contributed by atoms with Crippen LogP contribution in [0.25, 0.3) is 0 Å². The van der Waals surface area contributed by atoms with E-state index < -0.39 is 24.5 Å². The molecule has 2 atom stereocenters. The highest BCUT2D eigenvalue weighted by molar-refractivity contribution is 5.87. The molecule has 0 saturated heterocycles. The first-order chi connectivity index (χ1) is 23.8. The Morgan fingerprint density at radius 1 is 0.653 bits per heavy atom. The number of carboxylic acid groups (broad SMARTS) is 1. The number of esters is 1. The number of carbonyl (C=O) groups is 4. The fourth-order valence-corrected chi connectivity index (χ4v) is 4.58. The molecule has 2 unspecified atom stereocenters. The van der Waals surface area contributed by atoms with E-state index in [9.17, 15) is 19.2 Å². The number of aliphatic carboxylic acids is 1. The zero-order chi connectivity index (χ0) is 36.2. The van der Waals surface area contributed by atoms with Crippen molar-refractivity contribution >= 4 is 23.8 Å². The van der Waals surface area contributed by atoms with Gasteiger partial charge in [0.25, 0.3) is 0 Å². The Morgan fingerprint density at radius 3 is 1.84 bits per heavy atom. The van der Waals surface area contributed by atoms with Gasteiger partial charge in [0.05, 0.1) is 13.2 Å². The number of allylic oxidation sites excluding steroid dienone is 11. The third-order valence-corrected chi connectivity index (χ3v) is 7.42. The molecule has 2 amide bonds. The van der Waals surface area contributed by atoms with E-state index >= 15 is 0 Å². The van der Waals surface area contributed by atoms with E-state index in [0.29, 0.717) is 19.3 Å². The number of nitrogens with one attached hydrogen (secondary N) is 2. The van der Waals surface area contributed by atoms with Crippen LogP contribution in [0.3, 0.4) is 0 Å². The van der Waals surface area contributed by atoms with Gasteiger partial charge in [-0.25, -0.2) is 4.79 Å². The molecule has 0 heterocycles. The van der Waals surface area contributed by atoms with Gasteiger partial charge < -0.3 is 25.6 Å². The normalized spacial score (nSPS) is 13.4. The van der Waals surface area contributed by atoms with E-state index in [4.69, 9.17) is 14.9 Å². The molecule has 0 aliphatic carbocycles. The molecule has 0 spiro atoms. The number of unbranched alkanes of at least 4 members (excludes halogenated alkanes) is 7. The molecule has 0 aromatic heterocycles. The number of hydrogen-bond acceptors (Lipinski definition) is 6. The van der Waals surface area contributed by atoms with Gasteiger partial charge in [-0.1, -0.05) is 106 Å². The van der Waals surface area contributed by atoms with Crippen molar-refractivity contribution in [2.45, 2.75) is 142 Å². The topological polar surface area (TPSA) is 142 Å². The molecule has 0 fully saturated rings. The number of ether oxygens (including phenoxy) is 1. The van der Waals surface area contributed by atoms with Crippen molar-refractivity contribution in [2.24, 2.45) is 0 Å². The van der Waals surface area contributed by atoms with E-state index in [1.165, 1.54) is 12.8 Å². The second-order valence-electron chi connectivity index (χ2n) is 11.9. The summed E-state index contributed by atoms with van der Waals surface area (Å²) in [5, 5.41) is 22.4. The second kappa shape index (κ2) is 34.2. The summed E-state index contributed by atoms with van der Waals surface area (Å²) in [7, 11) is 0. The lowest BCUT2D eigenvalue weighted by Gasteiger charge is -2.14. The smallest absolute Gasteiger partial charge is 0.328 e.